The Labute approximate surface area is 109 Å². The van der Waals surface area contributed by atoms with Crippen molar-refractivity contribution in [2.24, 2.45) is 0 Å². The van der Waals surface area contributed by atoms with E-state index in [4.69, 9.17) is 0 Å². The number of nitrogens with zero attached hydrogens (tertiary/aromatic N) is 4. The molecule has 0 aromatic carbocycles. The topological polar surface area (TPSA) is 106 Å². The van der Waals surface area contributed by atoms with E-state index in [-0.39, 0.29) is 5.69 Å². The summed E-state index contributed by atoms with van der Waals surface area (Å²) in [5, 5.41) is 24.2. The van der Waals surface area contributed by atoms with Crippen LogP contribution in [0.4, 0.5) is 17.3 Å². The molecule has 2 heterocycles. The molecule has 0 bridgehead atoms. The molecule has 8 heteroatoms. The van der Waals surface area contributed by atoms with E-state index in [2.05, 4.69) is 25.8 Å². The largest absolute Gasteiger partial charge is 0.373 e. The van der Waals surface area contributed by atoms with E-state index >= 15 is 0 Å². The Bertz CT molecular complexity index is 575. The van der Waals surface area contributed by atoms with Crippen LogP contribution in [0.15, 0.2) is 30.5 Å². The Balaban J connectivity index is 2.15. The molecule has 0 unspecified atom stereocenters. The van der Waals surface area contributed by atoms with Gasteiger partial charge in [-0.2, -0.15) is 10.2 Å². The monoisotopic (exact) mass is 260 g/mol. The first kappa shape index (κ1) is 12.7. The lowest BCUT2D eigenvalue weighted by molar-refractivity contribution is -0.384. The lowest BCUT2D eigenvalue weighted by Crippen LogP contribution is -2.05. The van der Waals surface area contributed by atoms with Crippen LogP contribution in [0, 0.1) is 10.1 Å². The van der Waals surface area contributed by atoms with E-state index < -0.39 is 4.92 Å². The van der Waals surface area contributed by atoms with Crippen molar-refractivity contribution in [1.82, 2.24) is 15.2 Å². The second kappa shape index (κ2) is 5.71. The van der Waals surface area contributed by atoms with E-state index in [1.54, 1.807) is 25.4 Å². The lowest BCUT2D eigenvalue weighted by Gasteiger charge is -2.06. The Morgan fingerprint density at radius 3 is 2.79 bits per heavy atom. The lowest BCUT2D eigenvalue weighted by atomic mass is 10.3. The molecule has 0 aliphatic heterocycles. The van der Waals surface area contributed by atoms with Gasteiger partial charge in [0.1, 0.15) is 11.6 Å². The van der Waals surface area contributed by atoms with E-state index in [1.807, 2.05) is 0 Å². The van der Waals surface area contributed by atoms with Gasteiger partial charge in [0.2, 0.25) is 0 Å². The summed E-state index contributed by atoms with van der Waals surface area (Å²) in [6.45, 7) is 0.394. The standard InChI is InChI=1S/C11H12N6O2/c1-12-10-5-9(17(18)19)6-11(15-10)13-7-8-3-2-4-14-16-8/h2-6H,7H2,1H3,(H2,12,13,15). The first-order valence-electron chi connectivity index (χ1n) is 5.53. The molecule has 0 saturated carbocycles. The maximum atomic E-state index is 10.8. The maximum Gasteiger partial charge on any atom is 0.276 e. The van der Waals surface area contributed by atoms with Gasteiger partial charge in [-0.1, -0.05) is 0 Å². The van der Waals surface area contributed by atoms with Crippen LogP contribution >= 0.6 is 0 Å². The predicted molar refractivity (Wildman–Crippen MR) is 69.8 cm³/mol. The molecule has 2 aromatic heterocycles. The minimum absolute atomic E-state index is 0.0269. The van der Waals surface area contributed by atoms with Crippen LogP contribution in [0.25, 0.3) is 0 Å². The summed E-state index contributed by atoms with van der Waals surface area (Å²) in [5.74, 6) is 0.833. The highest BCUT2D eigenvalue weighted by atomic mass is 16.6. The fraction of sp³-hybridized carbons (Fsp3) is 0.182. The number of aromatic nitrogens is 3. The van der Waals surface area contributed by atoms with Crippen molar-refractivity contribution < 1.29 is 4.92 Å². The van der Waals surface area contributed by atoms with Gasteiger partial charge in [-0.25, -0.2) is 4.98 Å². The summed E-state index contributed by atoms with van der Waals surface area (Å²) in [4.78, 5) is 14.5. The molecule has 8 nitrogen and oxygen atoms in total. The molecule has 19 heavy (non-hydrogen) atoms. The van der Waals surface area contributed by atoms with Gasteiger partial charge < -0.3 is 10.6 Å². The maximum absolute atomic E-state index is 10.8. The van der Waals surface area contributed by atoms with Crippen LogP contribution in [0.3, 0.4) is 0 Å². The van der Waals surface area contributed by atoms with Gasteiger partial charge in [-0.15, -0.1) is 0 Å². The minimum Gasteiger partial charge on any atom is -0.373 e. The molecular formula is C11H12N6O2. The van der Waals surface area contributed by atoms with Crippen LogP contribution in [0.1, 0.15) is 5.69 Å². The molecule has 0 atom stereocenters. The first-order valence-corrected chi connectivity index (χ1v) is 5.53. The molecular weight excluding hydrogens is 248 g/mol. The van der Waals surface area contributed by atoms with Crippen LogP contribution in [0.2, 0.25) is 0 Å². The molecule has 0 saturated heterocycles. The van der Waals surface area contributed by atoms with Crippen LogP contribution in [0.5, 0.6) is 0 Å². The predicted octanol–water partition coefficient (Wildman–Crippen LogP) is 1.43. The number of nitrogens with one attached hydrogen (secondary N) is 2. The zero-order valence-corrected chi connectivity index (χ0v) is 10.2. The van der Waals surface area contributed by atoms with Gasteiger partial charge in [0.25, 0.3) is 5.69 Å². The van der Waals surface area contributed by atoms with Gasteiger partial charge in [0.15, 0.2) is 0 Å². The third-order valence-electron chi connectivity index (χ3n) is 2.36. The van der Waals surface area contributed by atoms with Crippen molar-refractivity contribution in [2.75, 3.05) is 17.7 Å². The van der Waals surface area contributed by atoms with Gasteiger partial charge in [-0.3, -0.25) is 10.1 Å². The molecule has 98 valence electrons. The van der Waals surface area contributed by atoms with E-state index in [0.717, 1.165) is 5.69 Å². The molecule has 0 amide bonds. The van der Waals surface area contributed by atoms with Gasteiger partial charge in [0.05, 0.1) is 29.3 Å². The summed E-state index contributed by atoms with van der Waals surface area (Å²) >= 11 is 0. The zero-order valence-electron chi connectivity index (χ0n) is 10.2. The molecule has 2 aromatic rings. The fourth-order valence-electron chi connectivity index (χ4n) is 1.45. The minimum atomic E-state index is -0.462. The van der Waals surface area contributed by atoms with Crippen molar-refractivity contribution in [2.45, 2.75) is 6.54 Å². The summed E-state index contributed by atoms with van der Waals surface area (Å²) in [6.07, 6.45) is 1.58. The van der Waals surface area contributed by atoms with Gasteiger partial charge >= 0.3 is 0 Å². The van der Waals surface area contributed by atoms with Gasteiger partial charge in [-0.05, 0) is 12.1 Å². The number of anilines is 2. The van der Waals surface area contributed by atoms with Gasteiger partial charge in [0, 0.05) is 13.2 Å². The third kappa shape index (κ3) is 3.35. The van der Waals surface area contributed by atoms with Crippen molar-refractivity contribution in [3.63, 3.8) is 0 Å². The van der Waals surface area contributed by atoms with Crippen molar-refractivity contribution in [3.8, 4) is 0 Å². The highest BCUT2D eigenvalue weighted by molar-refractivity contribution is 5.54. The Morgan fingerprint density at radius 2 is 2.16 bits per heavy atom. The first-order chi connectivity index (χ1) is 9.19. The smallest absolute Gasteiger partial charge is 0.276 e. The second-order valence-corrected chi connectivity index (χ2v) is 3.67. The normalized spacial score (nSPS) is 9.95. The average Bonchev–Trinajstić information content (AvgIpc) is 2.45. The zero-order chi connectivity index (χ0) is 13.7. The summed E-state index contributed by atoms with van der Waals surface area (Å²) < 4.78 is 0. The number of pyridine rings is 1. The molecule has 0 fully saturated rings. The van der Waals surface area contributed by atoms with E-state index in [1.165, 1.54) is 12.1 Å². The molecule has 2 N–H and O–H groups in total. The number of hydrogen-bond donors (Lipinski definition) is 2. The molecule has 0 aliphatic rings. The Hall–Kier alpha value is -2.77. The third-order valence-corrected chi connectivity index (χ3v) is 2.36. The number of rotatable bonds is 5. The highest BCUT2D eigenvalue weighted by Gasteiger charge is 2.10. The van der Waals surface area contributed by atoms with Crippen LogP contribution < -0.4 is 10.6 Å². The Kier molecular flexibility index (Phi) is 3.81. The van der Waals surface area contributed by atoms with E-state index in [0.29, 0.717) is 18.2 Å². The van der Waals surface area contributed by atoms with Crippen molar-refractivity contribution >= 4 is 17.3 Å². The summed E-state index contributed by atoms with van der Waals surface area (Å²) in [6, 6.07) is 6.31. The summed E-state index contributed by atoms with van der Waals surface area (Å²) in [7, 11) is 1.65. The average molecular weight is 260 g/mol. The highest BCUT2D eigenvalue weighted by Crippen LogP contribution is 2.20. The SMILES string of the molecule is CNc1cc([N+](=O)[O-])cc(NCc2cccnn2)n1. The molecule has 0 radical (unpaired) electrons. The number of nitro groups is 1. The molecule has 0 aliphatic carbocycles. The number of hydrogen-bond acceptors (Lipinski definition) is 7. The van der Waals surface area contributed by atoms with Crippen molar-refractivity contribution in [3.05, 3.63) is 46.3 Å². The van der Waals surface area contributed by atoms with Crippen LogP contribution in [-0.2, 0) is 6.54 Å². The van der Waals surface area contributed by atoms with E-state index in [9.17, 15) is 10.1 Å². The second-order valence-electron chi connectivity index (χ2n) is 3.67. The van der Waals surface area contributed by atoms with Crippen LogP contribution in [-0.4, -0.2) is 27.2 Å². The molecule has 0 spiro atoms. The molecule has 2 rings (SSSR count). The quantitative estimate of drug-likeness (QED) is 0.618. The Morgan fingerprint density at radius 1 is 1.37 bits per heavy atom. The summed E-state index contributed by atoms with van der Waals surface area (Å²) in [5.41, 5.74) is 0.697. The fourth-order valence-corrected chi connectivity index (χ4v) is 1.45. The van der Waals surface area contributed by atoms with Crippen molar-refractivity contribution in [1.29, 1.82) is 0 Å².